The Balaban J connectivity index is 3.46. The Labute approximate surface area is 55.5 Å². The van der Waals surface area contributed by atoms with E-state index in [1.807, 2.05) is 0 Å². The SMILES string of the molecule is CC#CCC(O)C(C)O. The van der Waals surface area contributed by atoms with E-state index in [1.165, 1.54) is 0 Å². The summed E-state index contributed by atoms with van der Waals surface area (Å²) in [7, 11) is 0. The third-order valence-electron chi connectivity index (χ3n) is 1.04. The molecule has 0 aromatic carbocycles. The first-order valence-electron chi connectivity index (χ1n) is 2.94. The Hall–Kier alpha value is -0.520. The summed E-state index contributed by atoms with van der Waals surface area (Å²) in [5, 5.41) is 17.6. The van der Waals surface area contributed by atoms with E-state index in [9.17, 15) is 0 Å². The van der Waals surface area contributed by atoms with Gasteiger partial charge in [0.25, 0.3) is 0 Å². The molecule has 2 unspecified atom stereocenters. The van der Waals surface area contributed by atoms with Crippen LogP contribution >= 0.6 is 0 Å². The van der Waals surface area contributed by atoms with Gasteiger partial charge in [0.15, 0.2) is 0 Å². The molecule has 2 heteroatoms. The van der Waals surface area contributed by atoms with Crippen LogP contribution in [0.25, 0.3) is 0 Å². The highest BCUT2D eigenvalue weighted by molar-refractivity contribution is 4.97. The first-order chi connectivity index (χ1) is 4.18. The lowest BCUT2D eigenvalue weighted by Gasteiger charge is -2.08. The molecule has 0 saturated carbocycles. The highest BCUT2D eigenvalue weighted by Gasteiger charge is 2.07. The summed E-state index contributed by atoms with van der Waals surface area (Å²) in [6, 6.07) is 0. The van der Waals surface area contributed by atoms with Crippen molar-refractivity contribution in [3.05, 3.63) is 0 Å². The van der Waals surface area contributed by atoms with Gasteiger partial charge in [-0.15, -0.1) is 11.8 Å². The van der Waals surface area contributed by atoms with Crippen LogP contribution in [0.2, 0.25) is 0 Å². The highest BCUT2D eigenvalue weighted by Crippen LogP contribution is 1.95. The average Bonchev–Trinajstić information content (AvgIpc) is 1.82. The van der Waals surface area contributed by atoms with Crippen molar-refractivity contribution in [2.45, 2.75) is 32.5 Å². The lowest BCUT2D eigenvalue weighted by molar-refractivity contribution is 0.0350. The molecule has 0 bridgehead atoms. The molecule has 0 heterocycles. The summed E-state index contributed by atoms with van der Waals surface area (Å²) in [5.41, 5.74) is 0. The fourth-order valence-corrected chi connectivity index (χ4v) is 0.377. The first kappa shape index (κ1) is 8.48. The van der Waals surface area contributed by atoms with E-state index in [1.54, 1.807) is 13.8 Å². The van der Waals surface area contributed by atoms with Crippen LogP contribution in [-0.4, -0.2) is 22.4 Å². The largest absolute Gasteiger partial charge is 0.391 e. The fourth-order valence-electron chi connectivity index (χ4n) is 0.377. The van der Waals surface area contributed by atoms with Gasteiger partial charge in [0.05, 0.1) is 12.2 Å². The van der Waals surface area contributed by atoms with Crippen molar-refractivity contribution in [1.29, 1.82) is 0 Å². The summed E-state index contributed by atoms with van der Waals surface area (Å²) >= 11 is 0. The Kier molecular flexibility index (Phi) is 4.12. The van der Waals surface area contributed by atoms with E-state index in [4.69, 9.17) is 10.2 Å². The molecular weight excluding hydrogens is 116 g/mol. The van der Waals surface area contributed by atoms with Crippen molar-refractivity contribution < 1.29 is 10.2 Å². The molecule has 2 atom stereocenters. The zero-order valence-electron chi connectivity index (χ0n) is 5.76. The van der Waals surface area contributed by atoms with E-state index in [2.05, 4.69) is 11.8 Å². The molecule has 2 N–H and O–H groups in total. The Bertz CT molecular complexity index is 119. The van der Waals surface area contributed by atoms with Gasteiger partial charge in [0.1, 0.15) is 0 Å². The minimum absolute atomic E-state index is 0.355. The van der Waals surface area contributed by atoms with E-state index in [-0.39, 0.29) is 0 Å². The predicted molar refractivity (Wildman–Crippen MR) is 35.8 cm³/mol. The minimum atomic E-state index is -0.697. The van der Waals surface area contributed by atoms with Gasteiger partial charge >= 0.3 is 0 Å². The predicted octanol–water partition coefficient (Wildman–Crippen LogP) is 0.142. The zero-order valence-corrected chi connectivity index (χ0v) is 5.76. The maximum atomic E-state index is 8.91. The maximum Gasteiger partial charge on any atom is 0.0905 e. The Morgan fingerprint density at radius 1 is 1.44 bits per heavy atom. The van der Waals surface area contributed by atoms with Crippen molar-refractivity contribution in [1.82, 2.24) is 0 Å². The second-order valence-corrected chi connectivity index (χ2v) is 1.94. The third-order valence-corrected chi connectivity index (χ3v) is 1.04. The summed E-state index contributed by atoms with van der Waals surface area (Å²) < 4.78 is 0. The van der Waals surface area contributed by atoms with Gasteiger partial charge in [-0.05, 0) is 13.8 Å². The molecule has 0 aliphatic heterocycles. The van der Waals surface area contributed by atoms with Gasteiger partial charge in [0, 0.05) is 6.42 Å². The normalized spacial score (nSPS) is 15.6. The van der Waals surface area contributed by atoms with E-state index in [0.29, 0.717) is 6.42 Å². The van der Waals surface area contributed by atoms with E-state index < -0.39 is 12.2 Å². The van der Waals surface area contributed by atoms with Crippen molar-refractivity contribution in [2.75, 3.05) is 0 Å². The molecule has 0 aromatic heterocycles. The summed E-state index contributed by atoms with van der Waals surface area (Å²) in [4.78, 5) is 0. The smallest absolute Gasteiger partial charge is 0.0905 e. The number of rotatable bonds is 2. The highest BCUT2D eigenvalue weighted by atomic mass is 16.3. The fraction of sp³-hybridized carbons (Fsp3) is 0.714. The van der Waals surface area contributed by atoms with Gasteiger partial charge in [-0.3, -0.25) is 0 Å². The number of hydrogen-bond acceptors (Lipinski definition) is 2. The topological polar surface area (TPSA) is 40.5 Å². The number of aliphatic hydroxyl groups is 2. The molecule has 0 aliphatic carbocycles. The number of aliphatic hydroxyl groups excluding tert-OH is 2. The lowest BCUT2D eigenvalue weighted by Crippen LogP contribution is -2.21. The van der Waals surface area contributed by atoms with Crippen molar-refractivity contribution >= 4 is 0 Å². The van der Waals surface area contributed by atoms with Gasteiger partial charge in [-0.25, -0.2) is 0 Å². The Morgan fingerprint density at radius 2 is 2.00 bits per heavy atom. The molecule has 2 nitrogen and oxygen atoms in total. The second-order valence-electron chi connectivity index (χ2n) is 1.94. The van der Waals surface area contributed by atoms with Crippen LogP contribution in [0.4, 0.5) is 0 Å². The average molecular weight is 128 g/mol. The van der Waals surface area contributed by atoms with Crippen LogP contribution in [0.1, 0.15) is 20.3 Å². The molecular formula is C7H12O2. The van der Waals surface area contributed by atoms with Crippen LogP contribution in [-0.2, 0) is 0 Å². The van der Waals surface area contributed by atoms with Gasteiger partial charge < -0.3 is 10.2 Å². The summed E-state index contributed by atoms with van der Waals surface area (Å²) in [5.74, 6) is 5.30. The van der Waals surface area contributed by atoms with Gasteiger partial charge in [-0.2, -0.15) is 0 Å². The van der Waals surface area contributed by atoms with Crippen LogP contribution in [0.5, 0.6) is 0 Å². The standard InChI is InChI=1S/C7H12O2/c1-3-4-5-7(9)6(2)8/h6-9H,5H2,1-2H3. The molecule has 9 heavy (non-hydrogen) atoms. The van der Waals surface area contributed by atoms with Crippen LogP contribution in [0.15, 0.2) is 0 Å². The molecule has 0 aromatic rings. The summed E-state index contributed by atoms with van der Waals surface area (Å²) in [6.45, 7) is 3.25. The van der Waals surface area contributed by atoms with Crippen molar-refractivity contribution in [2.24, 2.45) is 0 Å². The minimum Gasteiger partial charge on any atom is -0.391 e. The third kappa shape index (κ3) is 4.01. The van der Waals surface area contributed by atoms with E-state index >= 15 is 0 Å². The number of hydrogen-bond donors (Lipinski definition) is 2. The lowest BCUT2D eigenvalue weighted by atomic mass is 10.2. The molecule has 0 amide bonds. The van der Waals surface area contributed by atoms with Crippen molar-refractivity contribution in [3.63, 3.8) is 0 Å². The molecule has 0 aliphatic rings. The molecule has 52 valence electrons. The zero-order chi connectivity index (χ0) is 7.28. The van der Waals surface area contributed by atoms with Gasteiger partial charge in [0.2, 0.25) is 0 Å². The molecule has 0 rings (SSSR count). The van der Waals surface area contributed by atoms with Crippen molar-refractivity contribution in [3.8, 4) is 11.8 Å². The van der Waals surface area contributed by atoms with Crippen LogP contribution in [0, 0.1) is 11.8 Å². The molecule has 0 spiro atoms. The quantitative estimate of drug-likeness (QED) is 0.519. The monoisotopic (exact) mass is 128 g/mol. The van der Waals surface area contributed by atoms with Crippen LogP contribution < -0.4 is 0 Å². The van der Waals surface area contributed by atoms with E-state index in [0.717, 1.165) is 0 Å². The first-order valence-corrected chi connectivity index (χ1v) is 2.94. The maximum absolute atomic E-state index is 8.91. The van der Waals surface area contributed by atoms with Crippen LogP contribution in [0.3, 0.4) is 0 Å². The Morgan fingerprint density at radius 3 is 2.33 bits per heavy atom. The molecule has 0 fully saturated rings. The summed E-state index contributed by atoms with van der Waals surface area (Å²) in [6.07, 6.45) is -1.02. The molecule has 0 radical (unpaired) electrons. The second kappa shape index (κ2) is 4.37. The van der Waals surface area contributed by atoms with Gasteiger partial charge in [-0.1, -0.05) is 0 Å². The molecule has 0 saturated heterocycles.